The molecule has 170 valence electrons. The average Bonchev–Trinajstić information content (AvgIpc) is 3.25. The van der Waals surface area contributed by atoms with Crippen molar-refractivity contribution in [3.8, 4) is 5.75 Å². The van der Waals surface area contributed by atoms with Crippen molar-refractivity contribution in [3.05, 3.63) is 83.4 Å². The van der Waals surface area contributed by atoms with Gasteiger partial charge in [-0.3, -0.25) is 4.99 Å². The van der Waals surface area contributed by atoms with E-state index in [1.165, 1.54) is 5.56 Å². The Balaban J connectivity index is 1.55. The highest BCUT2D eigenvalue weighted by Crippen LogP contribution is 2.20. The fourth-order valence-corrected chi connectivity index (χ4v) is 3.29. The van der Waals surface area contributed by atoms with Gasteiger partial charge in [0, 0.05) is 44.7 Å². The average molecular weight is 436 g/mol. The molecule has 3 rings (SSSR count). The summed E-state index contributed by atoms with van der Waals surface area (Å²) in [6, 6.07) is 16.6. The zero-order valence-corrected chi connectivity index (χ0v) is 19.2. The van der Waals surface area contributed by atoms with E-state index < -0.39 is 0 Å². The molecule has 1 aromatic heterocycles. The largest absolute Gasteiger partial charge is 0.491 e. The molecule has 2 N–H and O–H groups in total. The van der Waals surface area contributed by atoms with Crippen LogP contribution in [0.25, 0.3) is 0 Å². The first-order valence-corrected chi connectivity index (χ1v) is 11.0. The second-order valence-electron chi connectivity index (χ2n) is 7.39. The van der Waals surface area contributed by atoms with Gasteiger partial charge in [0.25, 0.3) is 0 Å². The zero-order chi connectivity index (χ0) is 22.6. The molecular formula is C25H33N5O2. The van der Waals surface area contributed by atoms with Crippen LogP contribution in [0.3, 0.4) is 0 Å². The van der Waals surface area contributed by atoms with E-state index in [-0.39, 0.29) is 0 Å². The minimum atomic E-state index is 0.529. The molecule has 0 bridgehead atoms. The van der Waals surface area contributed by atoms with E-state index in [4.69, 9.17) is 9.47 Å². The molecule has 0 saturated carbocycles. The molecule has 0 aliphatic heterocycles. The highest BCUT2D eigenvalue weighted by atomic mass is 16.5. The number of aryl methyl sites for hydroxylation is 1. The molecule has 0 aliphatic rings. The van der Waals surface area contributed by atoms with Gasteiger partial charge in [-0.25, -0.2) is 4.98 Å². The van der Waals surface area contributed by atoms with E-state index >= 15 is 0 Å². The highest BCUT2D eigenvalue weighted by molar-refractivity contribution is 5.79. The minimum Gasteiger partial charge on any atom is -0.491 e. The Morgan fingerprint density at radius 2 is 1.88 bits per heavy atom. The van der Waals surface area contributed by atoms with Gasteiger partial charge in [-0.15, -0.1) is 0 Å². The predicted octanol–water partition coefficient (Wildman–Crippen LogP) is 3.52. The summed E-state index contributed by atoms with van der Waals surface area (Å²) in [5, 5.41) is 6.72. The van der Waals surface area contributed by atoms with E-state index in [9.17, 15) is 0 Å². The van der Waals surface area contributed by atoms with Crippen LogP contribution in [0.5, 0.6) is 5.75 Å². The van der Waals surface area contributed by atoms with Crippen LogP contribution in [0.15, 0.2) is 65.9 Å². The normalized spacial score (nSPS) is 11.4. The third kappa shape index (κ3) is 7.13. The number of benzene rings is 2. The summed E-state index contributed by atoms with van der Waals surface area (Å²) in [7, 11) is 1.76. The molecule has 0 saturated heterocycles. The molecule has 0 amide bonds. The number of hydrogen-bond acceptors (Lipinski definition) is 4. The molecule has 0 spiro atoms. The number of nitrogens with zero attached hydrogens (tertiary/aromatic N) is 3. The highest BCUT2D eigenvalue weighted by Gasteiger charge is 2.08. The van der Waals surface area contributed by atoms with Crippen LogP contribution in [0.1, 0.15) is 29.4 Å². The molecule has 7 heteroatoms. The lowest BCUT2D eigenvalue weighted by Gasteiger charge is -2.16. The summed E-state index contributed by atoms with van der Waals surface area (Å²) < 4.78 is 13.5. The Bertz CT molecular complexity index is 985. The van der Waals surface area contributed by atoms with Crippen molar-refractivity contribution in [1.82, 2.24) is 20.2 Å². The standard InChI is InChI=1S/C25H33N5O2/c1-4-31-14-15-32-23-16-20(2)10-11-22(23)17-28-25(26-3)29-18-24-27-12-13-30(24)19-21-8-6-5-7-9-21/h5-13,16H,4,14-15,17-19H2,1-3H3,(H2,26,28,29). The Morgan fingerprint density at radius 1 is 1.06 bits per heavy atom. The molecule has 2 aromatic carbocycles. The van der Waals surface area contributed by atoms with Crippen molar-refractivity contribution < 1.29 is 9.47 Å². The molecule has 3 aromatic rings. The van der Waals surface area contributed by atoms with E-state index in [0.717, 1.165) is 29.2 Å². The lowest BCUT2D eigenvalue weighted by molar-refractivity contribution is 0.110. The lowest BCUT2D eigenvalue weighted by atomic mass is 10.1. The fourth-order valence-electron chi connectivity index (χ4n) is 3.29. The van der Waals surface area contributed by atoms with Crippen molar-refractivity contribution >= 4 is 5.96 Å². The molecule has 0 unspecified atom stereocenters. The van der Waals surface area contributed by atoms with Gasteiger partial charge >= 0.3 is 0 Å². The molecular weight excluding hydrogens is 402 g/mol. The van der Waals surface area contributed by atoms with Gasteiger partial charge in [0.05, 0.1) is 13.2 Å². The maximum Gasteiger partial charge on any atom is 0.191 e. The third-order valence-electron chi connectivity index (χ3n) is 4.99. The number of imidazole rings is 1. The second kappa shape index (κ2) is 12.5. The van der Waals surface area contributed by atoms with Gasteiger partial charge < -0.3 is 24.7 Å². The summed E-state index contributed by atoms with van der Waals surface area (Å²) >= 11 is 0. The van der Waals surface area contributed by atoms with Crippen LogP contribution >= 0.6 is 0 Å². The monoisotopic (exact) mass is 435 g/mol. The number of nitrogens with one attached hydrogen (secondary N) is 2. The number of rotatable bonds is 11. The number of guanidine groups is 1. The molecule has 0 atom stereocenters. The van der Waals surface area contributed by atoms with Crippen LogP contribution in [0.2, 0.25) is 0 Å². The predicted molar refractivity (Wildman–Crippen MR) is 128 cm³/mol. The maximum atomic E-state index is 5.94. The summed E-state index contributed by atoms with van der Waals surface area (Å²) in [5.74, 6) is 2.53. The molecule has 0 fully saturated rings. The van der Waals surface area contributed by atoms with E-state index in [1.54, 1.807) is 7.05 Å². The van der Waals surface area contributed by atoms with E-state index in [0.29, 0.717) is 38.9 Å². The molecule has 7 nitrogen and oxygen atoms in total. The number of aliphatic imine (C=N–C) groups is 1. The zero-order valence-electron chi connectivity index (χ0n) is 19.2. The summed E-state index contributed by atoms with van der Waals surface area (Å²) in [6.45, 7) is 7.80. The maximum absolute atomic E-state index is 5.94. The molecule has 0 radical (unpaired) electrons. The van der Waals surface area contributed by atoms with Gasteiger partial charge in [-0.05, 0) is 31.0 Å². The minimum absolute atomic E-state index is 0.529. The molecule has 32 heavy (non-hydrogen) atoms. The van der Waals surface area contributed by atoms with Gasteiger partial charge in [0.1, 0.15) is 18.2 Å². The first-order valence-electron chi connectivity index (χ1n) is 11.0. The Morgan fingerprint density at radius 3 is 2.66 bits per heavy atom. The molecule has 0 aliphatic carbocycles. The second-order valence-corrected chi connectivity index (χ2v) is 7.39. The lowest BCUT2D eigenvalue weighted by Crippen LogP contribution is -2.37. The van der Waals surface area contributed by atoms with Gasteiger partial charge in [-0.1, -0.05) is 42.5 Å². The van der Waals surface area contributed by atoms with Crippen molar-refractivity contribution in [1.29, 1.82) is 0 Å². The SMILES string of the molecule is CCOCCOc1cc(C)ccc1CNC(=NC)NCc1nccn1Cc1ccccc1. The summed E-state index contributed by atoms with van der Waals surface area (Å²) in [4.78, 5) is 8.84. The quantitative estimate of drug-likeness (QED) is 0.274. The van der Waals surface area contributed by atoms with Crippen LogP contribution in [-0.4, -0.2) is 42.4 Å². The first kappa shape index (κ1) is 23.3. The Labute approximate surface area is 190 Å². The van der Waals surface area contributed by atoms with Crippen LogP contribution in [0, 0.1) is 6.92 Å². The van der Waals surface area contributed by atoms with Crippen LogP contribution in [0.4, 0.5) is 0 Å². The Kier molecular flexibility index (Phi) is 9.13. The van der Waals surface area contributed by atoms with Crippen LogP contribution in [-0.2, 0) is 24.4 Å². The van der Waals surface area contributed by atoms with Crippen molar-refractivity contribution in [2.45, 2.75) is 33.5 Å². The number of hydrogen-bond donors (Lipinski definition) is 2. The van der Waals surface area contributed by atoms with Crippen molar-refractivity contribution in [2.75, 3.05) is 26.9 Å². The van der Waals surface area contributed by atoms with Gasteiger partial charge in [0.15, 0.2) is 5.96 Å². The smallest absolute Gasteiger partial charge is 0.191 e. The van der Waals surface area contributed by atoms with Crippen molar-refractivity contribution in [2.24, 2.45) is 4.99 Å². The van der Waals surface area contributed by atoms with Crippen molar-refractivity contribution in [3.63, 3.8) is 0 Å². The van der Waals surface area contributed by atoms with Gasteiger partial charge in [-0.2, -0.15) is 0 Å². The van der Waals surface area contributed by atoms with E-state index in [1.807, 2.05) is 25.4 Å². The number of aromatic nitrogens is 2. The van der Waals surface area contributed by atoms with Gasteiger partial charge in [0.2, 0.25) is 0 Å². The van der Waals surface area contributed by atoms with Crippen LogP contribution < -0.4 is 15.4 Å². The summed E-state index contributed by atoms with van der Waals surface area (Å²) in [6.07, 6.45) is 3.83. The topological polar surface area (TPSA) is 72.7 Å². The first-order chi connectivity index (χ1) is 15.7. The van der Waals surface area contributed by atoms with E-state index in [2.05, 4.69) is 74.6 Å². The number of ether oxygens (including phenoxy) is 2. The molecule has 1 heterocycles. The third-order valence-corrected chi connectivity index (χ3v) is 4.99. The summed E-state index contributed by atoms with van der Waals surface area (Å²) in [5.41, 5.74) is 3.47. The Hall–Kier alpha value is -3.32. The fraction of sp³-hybridized carbons (Fsp3) is 0.360.